The Balaban J connectivity index is 1.55. The van der Waals surface area contributed by atoms with Gasteiger partial charge in [-0.3, -0.25) is 4.79 Å². The Morgan fingerprint density at radius 3 is 2.68 bits per heavy atom. The number of nitrogens with zero attached hydrogens (tertiary/aromatic N) is 2. The Hall–Kier alpha value is -2.06. The number of hydrogen-bond donors (Lipinski definition) is 2. The number of rotatable bonds is 4. The van der Waals surface area contributed by atoms with Crippen molar-refractivity contribution in [2.75, 3.05) is 24.5 Å². The summed E-state index contributed by atoms with van der Waals surface area (Å²) in [7, 11) is 0. The first kappa shape index (κ1) is 14.9. The molecular formula is C17H22N4O. The van der Waals surface area contributed by atoms with Crippen LogP contribution in [0.5, 0.6) is 0 Å². The SMILES string of the molecule is N#Cc1ccccc1N1CCC(CC2CNC2C(N)=O)CC1. The van der Waals surface area contributed by atoms with Crippen molar-refractivity contribution in [2.45, 2.75) is 25.3 Å². The summed E-state index contributed by atoms with van der Waals surface area (Å²) in [6.45, 7) is 2.86. The van der Waals surface area contributed by atoms with Gasteiger partial charge in [0.2, 0.25) is 5.91 Å². The van der Waals surface area contributed by atoms with Gasteiger partial charge in [-0.2, -0.15) is 5.26 Å². The second kappa shape index (κ2) is 6.37. The molecule has 2 heterocycles. The van der Waals surface area contributed by atoms with Gasteiger partial charge in [-0.1, -0.05) is 12.1 Å². The van der Waals surface area contributed by atoms with E-state index in [-0.39, 0.29) is 11.9 Å². The molecule has 1 aromatic carbocycles. The first-order chi connectivity index (χ1) is 10.7. The molecule has 0 bridgehead atoms. The number of hydrogen-bond acceptors (Lipinski definition) is 4. The second-order valence-corrected chi connectivity index (χ2v) is 6.34. The Morgan fingerprint density at radius 1 is 1.36 bits per heavy atom. The van der Waals surface area contributed by atoms with E-state index in [4.69, 9.17) is 5.73 Å². The van der Waals surface area contributed by atoms with Crippen molar-refractivity contribution in [2.24, 2.45) is 17.6 Å². The number of nitrogens with one attached hydrogen (secondary N) is 1. The highest BCUT2D eigenvalue weighted by Gasteiger charge is 2.36. The molecule has 2 saturated heterocycles. The highest BCUT2D eigenvalue weighted by molar-refractivity contribution is 5.81. The summed E-state index contributed by atoms with van der Waals surface area (Å²) in [6, 6.07) is 9.93. The fraction of sp³-hybridized carbons (Fsp3) is 0.529. The fourth-order valence-electron chi connectivity index (χ4n) is 3.64. The lowest BCUT2D eigenvalue weighted by molar-refractivity contribution is -0.123. The molecule has 0 radical (unpaired) electrons. The van der Waals surface area contributed by atoms with Crippen LogP contribution in [0.4, 0.5) is 5.69 Å². The van der Waals surface area contributed by atoms with E-state index < -0.39 is 0 Å². The number of primary amides is 1. The van der Waals surface area contributed by atoms with E-state index in [0.717, 1.165) is 50.1 Å². The predicted octanol–water partition coefficient (Wildman–Crippen LogP) is 1.24. The average Bonchev–Trinajstić information content (AvgIpc) is 2.51. The van der Waals surface area contributed by atoms with Crippen molar-refractivity contribution in [1.29, 1.82) is 5.26 Å². The number of piperidine rings is 1. The topological polar surface area (TPSA) is 82.2 Å². The first-order valence-electron chi connectivity index (χ1n) is 7.96. The minimum absolute atomic E-state index is 0.127. The van der Waals surface area contributed by atoms with Crippen LogP contribution in [0.15, 0.2) is 24.3 Å². The van der Waals surface area contributed by atoms with Gasteiger partial charge in [0.1, 0.15) is 6.07 Å². The first-order valence-corrected chi connectivity index (χ1v) is 7.96. The second-order valence-electron chi connectivity index (χ2n) is 6.34. The quantitative estimate of drug-likeness (QED) is 0.876. The molecule has 1 aromatic rings. The number of nitriles is 1. The van der Waals surface area contributed by atoms with E-state index in [1.54, 1.807) is 0 Å². The number of nitrogens with two attached hydrogens (primary N) is 1. The molecule has 22 heavy (non-hydrogen) atoms. The minimum Gasteiger partial charge on any atom is -0.370 e. The molecule has 5 nitrogen and oxygen atoms in total. The van der Waals surface area contributed by atoms with Gasteiger partial charge in [-0.05, 0) is 43.2 Å². The van der Waals surface area contributed by atoms with Gasteiger partial charge in [0.05, 0.1) is 17.3 Å². The third-order valence-electron chi connectivity index (χ3n) is 4.99. The molecule has 2 unspecified atom stereocenters. The number of carbonyl (C=O) groups is 1. The maximum Gasteiger partial charge on any atom is 0.234 e. The van der Waals surface area contributed by atoms with Gasteiger partial charge in [0.15, 0.2) is 0 Å². The molecular weight excluding hydrogens is 276 g/mol. The van der Waals surface area contributed by atoms with E-state index in [1.165, 1.54) is 0 Å². The largest absolute Gasteiger partial charge is 0.370 e. The Kier molecular flexibility index (Phi) is 4.30. The van der Waals surface area contributed by atoms with Crippen LogP contribution in [-0.2, 0) is 4.79 Å². The van der Waals surface area contributed by atoms with Crippen molar-refractivity contribution >= 4 is 11.6 Å². The van der Waals surface area contributed by atoms with Crippen molar-refractivity contribution < 1.29 is 4.79 Å². The van der Waals surface area contributed by atoms with Gasteiger partial charge >= 0.3 is 0 Å². The van der Waals surface area contributed by atoms with E-state index in [0.29, 0.717) is 11.8 Å². The van der Waals surface area contributed by atoms with Crippen molar-refractivity contribution in [3.8, 4) is 6.07 Å². The molecule has 0 aromatic heterocycles. The third kappa shape index (κ3) is 2.93. The van der Waals surface area contributed by atoms with Crippen molar-refractivity contribution in [3.05, 3.63) is 29.8 Å². The molecule has 1 amide bonds. The van der Waals surface area contributed by atoms with Gasteiger partial charge < -0.3 is 16.0 Å². The number of amides is 1. The van der Waals surface area contributed by atoms with Gasteiger partial charge in [0.25, 0.3) is 0 Å². The Bertz CT molecular complexity index is 587. The normalized spacial score (nSPS) is 25.3. The predicted molar refractivity (Wildman–Crippen MR) is 85.2 cm³/mol. The van der Waals surface area contributed by atoms with E-state index in [1.807, 2.05) is 24.3 Å². The van der Waals surface area contributed by atoms with Gasteiger partial charge in [-0.15, -0.1) is 0 Å². The molecule has 0 aliphatic carbocycles. The maximum absolute atomic E-state index is 11.3. The molecule has 116 valence electrons. The van der Waals surface area contributed by atoms with Crippen LogP contribution >= 0.6 is 0 Å². The van der Waals surface area contributed by atoms with Gasteiger partial charge in [0, 0.05) is 19.6 Å². The highest BCUT2D eigenvalue weighted by Crippen LogP contribution is 2.31. The van der Waals surface area contributed by atoms with E-state index in [9.17, 15) is 10.1 Å². The molecule has 3 rings (SSSR count). The van der Waals surface area contributed by atoms with Crippen LogP contribution in [0.2, 0.25) is 0 Å². The number of anilines is 1. The average molecular weight is 298 g/mol. The maximum atomic E-state index is 11.3. The molecule has 0 saturated carbocycles. The smallest absolute Gasteiger partial charge is 0.234 e. The monoisotopic (exact) mass is 298 g/mol. The summed E-state index contributed by atoms with van der Waals surface area (Å²) in [4.78, 5) is 13.6. The molecule has 2 aliphatic rings. The number of carbonyl (C=O) groups excluding carboxylic acids is 1. The number of benzene rings is 1. The van der Waals surface area contributed by atoms with Crippen LogP contribution in [0.25, 0.3) is 0 Å². The van der Waals surface area contributed by atoms with E-state index in [2.05, 4.69) is 16.3 Å². The highest BCUT2D eigenvalue weighted by atomic mass is 16.1. The lowest BCUT2D eigenvalue weighted by atomic mass is 9.79. The fourth-order valence-corrected chi connectivity index (χ4v) is 3.64. The summed E-state index contributed by atoms with van der Waals surface area (Å²) in [5.41, 5.74) is 7.18. The Morgan fingerprint density at radius 2 is 2.09 bits per heavy atom. The van der Waals surface area contributed by atoms with Crippen molar-refractivity contribution in [1.82, 2.24) is 5.32 Å². The zero-order valence-electron chi connectivity index (χ0n) is 12.7. The lowest BCUT2D eigenvalue weighted by Gasteiger charge is -2.40. The van der Waals surface area contributed by atoms with Crippen molar-refractivity contribution in [3.63, 3.8) is 0 Å². The summed E-state index contributed by atoms with van der Waals surface area (Å²) in [5, 5.41) is 12.3. The zero-order valence-corrected chi connectivity index (χ0v) is 12.7. The van der Waals surface area contributed by atoms with Crippen LogP contribution < -0.4 is 16.0 Å². The third-order valence-corrected chi connectivity index (χ3v) is 4.99. The lowest BCUT2D eigenvalue weighted by Crippen LogP contribution is -2.60. The van der Waals surface area contributed by atoms with Crippen LogP contribution in [0, 0.1) is 23.2 Å². The van der Waals surface area contributed by atoms with E-state index >= 15 is 0 Å². The zero-order chi connectivity index (χ0) is 15.5. The molecule has 2 atom stereocenters. The molecule has 2 fully saturated rings. The summed E-state index contributed by atoms with van der Waals surface area (Å²) < 4.78 is 0. The van der Waals surface area contributed by atoms with Crippen LogP contribution in [0.1, 0.15) is 24.8 Å². The summed E-state index contributed by atoms with van der Waals surface area (Å²) >= 11 is 0. The summed E-state index contributed by atoms with van der Waals surface area (Å²) in [6.07, 6.45) is 3.30. The minimum atomic E-state index is -0.225. The molecule has 5 heteroatoms. The standard InChI is InChI=1S/C17H22N4O/c18-10-13-3-1-2-4-15(13)21-7-5-12(6-8-21)9-14-11-20-16(14)17(19)22/h1-4,12,14,16,20H,5-9,11H2,(H2,19,22). The number of para-hydroxylation sites is 1. The summed E-state index contributed by atoms with van der Waals surface area (Å²) in [5.74, 6) is 0.830. The molecule has 0 spiro atoms. The van der Waals surface area contributed by atoms with Crippen LogP contribution in [0.3, 0.4) is 0 Å². The molecule has 2 aliphatic heterocycles. The van der Waals surface area contributed by atoms with Crippen LogP contribution in [-0.4, -0.2) is 31.6 Å². The van der Waals surface area contributed by atoms with Gasteiger partial charge in [-0.25, -0.2) is 0 Å². The Labute approximate surface area is 131 Å². The molecule has 3 N–H and O–H groups in total.